The Hall–Kier alpha value is -1.76. The third-order valence-corrected chi connectivity index (χ3v) is 6.60. The highest BCUT2D eigenvalue weighted by Crippen LogP contribution is 2.35. The Balaban J connectivity index is 1.82. The summed E-state index contributed by atoms with van der Waals surface area (Å²) in [5.41, 5.74) is 2.91. The molecular formula is C19H20Cl2N2O3S. The fourth-order valence-electron chi connectivity index (χ4n) is 3.45. The topological polar surface area (TPSA) is 57.7 Å². The lowest BCUT2D eigenvalue weighted by molar-refractivity contribution is 0.0785. The molecule has 144 valence electrons. The molecule has 0 aromatic heterocycles. The monoisotopic (exact) mass is 426 g/mol. The molecule has 0 saturated carbocycles. The number of carbonyl (C=O) groups excluding carboxylic acids is 1. The Morgan fingerprint density at radius 1 is 1.19 bits per heavy atom. The van der Waals surface area contributed by atoms with Gasteiger partial charge in [-0.25, -0.2) is 8.42 Å². The van der Waals surface area contributed by atoms with Crippen molar-refractivity contribution < 1.29 is 13.2 Å². The SMILES string of the molecule is C[C@@H]1Cc2cc(C(=O)N(C)Cc3ccc(Cl)c(Cl)c3)ccc2N1S(C)(=O)=O. The molecule has 2 aromatic rings. The summed E-state index contributed by atoms with van der Waals surface area (Å²) in [5, 5.41) is 0.917. The zero-order valence-electron chi connectivity index (χ0n) is 15.2. The number of hydrogen-bond donors (Lipinski definition) is 0. The van der Waals surface area contributed by atoms with Crippen LogP contribution in [0.5, 0.6) is 0 Å². The van der Waals surface area contributed by atoms with Gasteiger partial charge in [-0.15, -0.1) is 0 Å². The maximum absolute atomic E-state index is 12.8. The number of carbonyl (C=O) groups is 1. The van der Waals surface area contributed by atoms with Crippen molar-refractivity contribution in [2.45, 2.75) is 25.9 Å². The molecule has 2 aromatic carbocycles. The molecule has 0 spiro atoms. The lowest BCUT2D eigenvalue weighted by Gasteiger charge is -2.22. The highest BCUT2D eigenvalue weighted by atomic mass is 35.5. The molecule has 1 aliphatic heterocycles. The van der Waals surface area contributed by atoms with Gasteiger partial charge in [-0.1, -0.05) is 29.3 Å². The summed E-state index contributed by atoms with van der Waals surface area (Å²) >= 11 is 12.0. The fourth-order valence-corrected chi connectivity index (χ4v) is 5.03. The van der Waals surface area contributed by atoms with Gasteiger partial charge in [0.2, 0.25) is 10.0 Å². The first kappa shape index (κ1) is 20.0. The lowest BCUT2D eigenvalue weighted by Crippen LogP contribution is -2.34. The standard InChI is InChI=1S/C19H20Cl2N2O3S/c1-12-8-15-10-14(5-7-18(15)23(12)27(3,25)26)19(24)22(2)11-13-4-6-16(20)17(21)9-13/h4-7,9-10,12H,8,11H2,1-3H3/t12-/m1/s1. The summed E-state index contributed by atoms with van der Waals surface area (Å²) in [7, 11) is -1.64. The minimum absolute atomic E-state index is 0.144. The third-order valence-electron chi connectivity index (χ3n) is 4.59. The number of halogens is 2. The van der Waals surface area contributed by atoms with E-state index in [2.05, 4.69) is 0 Å². The second-order valence-electron chi connectivity index (χ2n) is 6.87. The van der Waals surface area contributed by atoms with Crippen molar-refractivity contribution >= 4 is 44.8 Å². The van der Waals surface area contributed by atoms with E-state index in [1.807, 2.05) is 13.0 Å². The Morgan fingerprint density at radius 2 is 1.89 bits per heavy atom. The summed E-state index contributed by atoms with van der Waals surface area (Å²) in [6, 6.07) is 10.3. The van der Waals surface area contributed by atoms with Crippen LogP contribution >= 0.6 is 23.2 Å². The number of sulfonamides is 1. The van der Waals surface area contributed by atoms with Crippen molar-refractivity contribution in [2.24, 2.45) is 0 Å². The summed E-state index contributed by atoms with van der Waals surface area (Å²) in [6.07, 6.45) is 1.78. The van der Waals surface area contributed by atoms with Crippen molar-refractivity contribution in [3.63, 3.8) is 0 Å². The molecule has 0 aliphatic carbocycles. The second-order valence-corrected chi connectivity index (χ2v) is 9.54. The van der Waals surface area contributed by atoms with Crippen LogP contribution in [0.25, 0.3) is 0 Å². The summed E-state index contributed by atoms with van der Waals surface area (Å²) in [4.78, 5) is 14.4. The fraction of sp³-hybridized carbons (Fsp3) is 0.316. The van der Waals surface area contributed by atoms with E-state index < -0.39 is 10.0 Å². The Morgan fingerprint density at radius 3 is 2.52 bits per heavy atom. The van der Waals surface area contributed by atoms with Gasteiger partial charge in [-0.05, 0) is 54.8 Å². The van der Waals surface area contributed by atoms with E-state index >= 15 is 0 Å². The first-order valence-electron chi connectivity index (χ1n) is 8.39. The zero-order valence-corrected chi connectivity index (χ0v) is 17.6. The van der Waals surface area contributed by atoms with Gasteiger partial charge in [-0.2, -0.15) is 0 Å². The predicted octanol–water partition coefficient (Wildman–Crippen LogP) is 3.98. The quantitative estimate of drug-likeness (QED) is 0.742. The number of anilines is 1. The molecule has 27 heavy (non-hydrogen) atoms. The van der Waals surface area contributed by atoms with Crippen LogP contribution in [0, 0.1) is 0 Å². The van der Waals surface area contributed by atoms with Gasteiger partial charge < -0.3 is 4.90 Å². The zero-order chi connectivity index (χ0) is 19.9. The van der Waals surface area contributed by atoms with E-state index in [9.17, 15) is 13.2 Å². The number of hydrogen-bond acceptors (Lipinski definition) is 3. The highest BCUT2D eigenvalue weighted by molar-refractivity contribution is 7.92. The number of benzene rings is 2. The normalized spacial score (nSPS) is 16.3. The predicted molar refractivity (Wildman–Crippen MR) is 109 cm³/mol. The minimum Gasteiger partial charge on any atom is -0.337 e. The van der Waals surface area contributed by atoms with Crippen molar-refractivity contribution in [1.82, 2.24) is 4.90 Å². The Kier molecular flexibility index (Phi) is 5.43. The summed E-state index contributed by atoms with van der Waals surface area (Å²) < 4.78 is 25.5. The van der Waals surface area contributed by atoms with Gasteiger partial charge in [-0.3, -0.25) is 9.10 Å². The van der Waals surface area contributed by atoms with Gasteiger partial charge in [0.1, 0.15) is 0 Å². The summed E-state index contributed by atoms with van der Waals surface area (Å²) in [5.74, 6) is -0.144. The van der Waals surface area contributed by atoms with Crippen LogP contribution in [0.4, 0.5) is 5.69 Å². The molecule has 3 rings (SSSR count). The number of nitrogens with zero attached hydrogens (tertiary/aromatic N) is 2. The molecule has 0 saturated heterocycles. The number of rotatable bonds is 4. The molecule has 0 bridgehead atoms. The third kappa shape index (κ3) is 4.08. The van der Waals surface area contributed by atoms with Crippen LogP contribution in [-0.2, 0) is 23.0 Å². The molecule has 0 N–H and O–H groups in total. The molecule has 0 unspecified atom stereocenters. The average Bonchev–Trinajstić information content (AvgIpc) is 2.92. The maximum atomic E-state index is 12.8. The van der Waals surface area contributed by atoms with Crippen LogP contribution in [-0.4, -0.2) is 38.6 Å². The smallest absolute Gasteiger partial charge is 0.253 e. The molecule has 1 aliphatic rings. The molecule has 1 heterocycles. The van der Waals surface area contributed by atoms with E-state index in [1.54, 1.807) is 42.3 Å². The van der Waals surface area contributed by atoms with Gasteiger partial charge >= 0.3 is 0 Å². The summed E-state index contributed by atoms with van der Waals surface area (Å²) in [6.45, 7) is 2.25. The van der Waals surface area contributed by atoms with E-state index in [-0.39, 0.29) is 11.9 Å². The molecule has 1 amide bonds. The van der Waals surface area contributed by atoms with E-state index in [4.69, 9.17) is 23.2 Å². The van der Waals surface area contributed by atoms with Gasteiger partial charge in [0.25, 0.3) is 5.91 Å². The molecular weight excluding hydrogens is 407 g/mol. The first-order valence-corrected chi connectivity index (χ1v) is 11.0. The van der Waals surface area contributed by atoms with Gasteiger partial charge in [0, 0.05) is 25.2 Å². The van der Waals surface area contributed by atoms with Gasteiger partial charge in [0.05, 0.1) is 22.0 Å². The van der Waals surface area contributed by atoms with Gasteiger partial charge in [0.15, 0.2) is 0 Å². The molecule has 0 radical (unpaired) electrons. The Labute approximate surface area is 169 Å². The van der Waals surface area contributed by atoms with Crippen molar-refractivity contribution in [1.29, 1.82) is 0 Å². The molecule has 5 nitrogen and oxygen atoms in total. The second kappa shape index (κ2) is 7.34. The number of fused-ring (bicyclic) bond motifs is 1. The minimum atomic E-state index is -3.35. The molecule has 1 atom stereocenters. The van der Waals surface area contributed by atoms with Crippen LogP contribution in [0.2, 0.25) is 10.0 Å². The van der Waals surface area contributed by atoms with Crippen LogP contribution in [0.3, 0.4) is 0 Å². The maximum Gasteiger partial charge on any atom is 0.253 e. The van der Waals surface area contributed by atoms with E-state index in [1.165, 1.54) is 10.6 Å². The Bertz CT molecular complexity index is 1010. The van der Waals surface area contributed by atoms with Crippen molar-refractivity contribution in [2.75, 3.05) is 17.6 Å². The highest BCUT2D eigenvalue weighted by Gasteiger charge is 2.33. The van der Waals surface area contributed by atoms with E-state index in [0.29, 0.717) is 34.3 Å². The first-order chi connectivity index (χ1) is 12.6. The van der Waals surface area contributed by atoms with Crippen LogP contribution in [0.1, 0.15) is 28.4 Å². The lowest BCUT2D eigenvalue weighted by atomic mass is 10.1. The van der Waals surface area contributed by atoms with E-state index in [0.717, 1.165) is 11.1 Å². The van der Waals surface area contributed by atoms with Crippen LogP contribution < -0.4 is 4.31 Å². The average molecular weight is 427 g/mol. The van der Waals surface area contributed by atoms with Crippen molar-refractivity contribution in [3.8, 4) is 0 Å². The van der Waals surface area contributed by atoms with Crippen LogP contribution in [0.15, 0.2) is 36.4 Å². The van der Waals surface area contributed by atoms with Crippen molar-refractivity contribution in [3.05, 3.63) is 63.1 Å². The molecule has 0 fully saturated rings. The number of amides is 1. The molecule has 8 heteroatoms. The largest absolute Gasteiger partial charge is 0.337 e.